The molecular formula is C17H17N5O2. The van der Waals surface area contributed by atoms with Gasteiger partial charge in [-0.05, 0) is 37.1 Å². The van der Waals surface area contributed by atoms with Gasteiger partial charge in [0.2, 0.25) is 11.7 Å². The highest BCUT2D eigenvalue weighted by atomic mass is 16.5. The molecule has 3 aromatic rings. The molecule has 0 unspecified atom stereocenters. The zero-order valence-electron chi connectivity index (χ0n) is 13.1. The summed E-state index contributed by atoms with van der Waals surface area (Å²) >= 11 is 0. The highest BCUT2D eigenvalue weighted by molar-refractivity contribution is 5.92. The molecule has 3 aromatic heterocycles. The molecule has 7 heteroatoms. The normalized spacial score (nSPS) is 13.8. The first-order valence-electron chi connectivity index (χ1n) is 7.99. The monoisotopic (exact) mass is 323 g/mol. The minimum absolute atomic E-state index is 0.0705. The zero-order valence-corrected chi connectivity index (χ0v) is 13.1. The van der Waals surface area contributed by atoms with Crippen molar-refractivity contribution < 1.29 is 9.32 Å². The van der Waals surface area contributed by atoms with Crippen LogP contribution in [0.2, 0.25) is 0 Å². The molecule has 3 heterocycles. The lowest BCUT2D eigenvalue weighted by molar-refractivity contribution is 0.0944. The van der Waals surface area contributed by atoms with Crippen LogP contribution in [0.3, 0.4) is 0 Å². The number of rotatable bonds is 6. The molecular weight excluding hydrogens is 306 g/mol. The Hall–Kier alpha value is -2.96. The average Bonchev–Trinajstić information content (AvgIpc) is 3.15. The first kappa shape index (κ1) is 14.6. The maximum atomic E-state index is 12.3. The van der Waals surface area contributed by atoms with Crippen molar-refractivity contribution >= 4 is 5.91 Å². The molecule has 24 heavy (non-hydrogen) atoms. The lowest BCUT2D eigenvalue weighted by Crippen LogP contribution is -2.27. The van der Waals surface area contributed by atoms with Crippen LogP contribution in [0.15, 0.2) is 47.4 Å². The van der Waals surface area contributed by atoms with Gasteiger partial charge in [0.15, 0.2) is 0 Å². The van der Waals surface area contributed by atoms with Gasteiger partial charge in [-0.3, -0.25) is 9.78 Å². The maximum Gasteiger partial charge on any atom is 0.267 e. The minimum Gasteiger partial charge on any atom is -0.350 e. The van der Waals surface area contributed by atoms with E-state index in [1.807, 2.05) is 35.0 Å². The van der Waals surface area contributed by atoms with Gasteiger partial charge in [0.05, 0.1) is 0 Å². The highest BCUT2D eigenvalue weighted by Gasteiger charge is 2.26. The molecule has 1 fully saturated rings. The number of pyridine rings is 1. The molecule has 0 aromatic carbocycles. The van der Waals surface area contributed by atoms with E-state index in [2.05, 4.69) is 20.4 Å². The SMILES string of the molecule is O=C(NCCc1nc(-c2cccnc2)no1)c1cccn1C1CC1. The molecule has 122 valence electrons. The van der Waals surface area contributed by atoms with E-state index in [4.69, 9.17) is 4.52 Å². The summed E-state index contributed by atoms with van der Waals surface area (Å²) in [5, 5.41) is 6.84. The summed E-state index contributed by atoms with van der Waals surface area (Å²) in [7, 11) is 0. The van der Waals surface area contributed by atoms with Gasteiger partial charge >= 0.3 is 0 Å². The largest absolute Gasteiger partial charge is 0.350 e. The van der Waals surface area contributed by atoms with E-state index in [1.54, 1.807) is 12.4 Å². The standard InChI is InChI=1S/C17H17N5O2/c23-17(14-4-2-10-22(14)13-5-6-13)19-9-7-15-20-16(21-24-15)12-3-1-8-18-11-12/h1-4,8,10-11,13H,5-7,9H2,(H,19,23). The number of amides is 1. The molecule has 1 saturated carbocycles. The second-order valence-corrected chi connectivity index (χ2v) is 5.79. The molecule has 0 aliphatic heterocycles. The summed E-state index contributed by atoms with van der Waals surface area (Å²) in [4.78, 5) is 20.6. The van der Waals surface area contributed by atoms with Crippen molar-refractivity contribution in [2.45, 2.75) is 25.3 Å². The molecule has 0 atom stereocenters. The van der Waals surface area contributed by atoms with Gasteiger partial charge in [0.1, 0.15) is 5.69 Å². The number of aromatic nitrogens is 4. The predicted molar refractivity (Wildman–Crippen MR) is 86.3 cm³/mol. The number of hydrogen-bond acceptors (Lipinski definition) is 5. The molecule has 4 rings (SSSR count). The molecule has 0 bridgehead atoms. The van der Waals surface area contributed by atoms with Crippen molar-refractivity contribution in [1.29, 1.82) is 0 Å². The number of carbonyl (C=O) groups excluding carboxylic acids is 1. The Morgan fingerprint density at radius 2 is 2.25 bits per heavy atom. The highest BCUT2D eigenvalue weighted by Crippen LogP contribution is 2.35. The molecule has 1 N–H and O–H groups in total. The second kappa shape index (κ2) is 6.27. The number of nitrogens with zero attached hydrogens (tertiary/aromatic N) is 4. The van der Waals surface area contributed by atoms with E-state index < -0.39 is 0 Å². The molecule has 1 aliphatic carbocycles. The summed E-state index contributed by atoms with van der Waals surface area (Å²) in [5.41, 5.74) is 1.51. The fraction of sp³-hybridized carbons (Fsp3) is 0.294. The van der Waals surface area contributed by atoms with Crippen molar-refractivity contribution in [3.05, 3.63) is 54.4 Å². The molecule has 0 radical (unpaired) electrons. The van der Waals surface area contributed by atoms with Gasteiger partial charge in [0.25, 0.3) is 5.91 Å². The lowest BCUT2D eigenvalue weighted by Gasteiger charge is -2.07. The Morgan fingerprint density at radius 3 is 3.04 bits per heavy atom. The van der Waals surface area contributed by atoms with Gasteiger partial charge in [-0.1, -0.05) is 5.16 Å². The predicted octanol–water partition coefficient (Wildman–Crippen LogP) is 2.24. The van der Waals surface area contributed by atoms with Crippen LogP contribution in [0.1, 0.15) is 35.3 Å². The molecule has 0 saturated heterocycles. The average molecular weight is 323 g/mol. The second-order valence-electron chi connectivity index (χ2n) is 5.79. The van der Waals surface area contributed by atoms with Crippen LogP contribution in [0.4, 0.5) is 0 Å². The van der Waals surface area contributed by atoms with E-state index in [1.165, 1.54) is 0 Å². The Bertz CT molecular complexity index is 836. The Kier molecular flexibility index (Phi) is 3.82. The van der Waals surface area contributed by atoms with Crippen LogP contribution in [0.25, 0.3) is 11.4 Å². The van der Waals surface area contributed by atoms with Crippen molar-refractivity contribution in [3.63, 3.8) is 0 Å². The van der Waals surface area contributed by atoms with E-state index in [0.717, 1.165) is 18.4 Å². The van der Waals surface area contributed by atoms with Gasteiger partial charge in [0, 0.05) is 43.2 Å². The van der Waals surface area contributed by atoms with Crippen molar-refractivity contribution in [2.24, 2.45) is 0 Å². The van der Waals surface area contributed by atoms with E-state index in [9.17, 15) is 4.79 Å². The fourth-order valence-electron chi connectivity index (χ4n) is 2.60. The Labute approximate surface area is 138 Å². The van der Waals surface area contributed by atoms with Gasteiger partial charge in [-0.2, -0.15) is 4.98 Å². The summed E-state index contributed by atoms with van der Waals surface area (Å²) in [6, 6.07) is 7.93. The number of nitrogens with one attached hydrogen (secondary N) is 1. The first-order valence-corrected chi connectivity index (χ1v) is 7.99. The third-order valence-corrected chi connectivity index (χ3v) is 3.96. The van der Waals surface area contributed by atoms with Crippen molar-refractivity contribution in [3.8, 4) is 11.4 Å². The fourth-order valence-corrected chi connectivity index (χ4v) is 2.60. The van der Waals surface area contributed by atoms with E-state index >= 15 is 0 Å². The summed E-state index contributed by atoms with van der Waals surface area (Å²) < 4.78 is 7.26. The van der Waals surface area contributed by atoms with Crippen molar-refractivity contribution in [2.75, 3.05) is 6.54 Å². The van der Waals surface area contributed by atoms with Crippen LogP contribution < -0.4 is 5.32 Å². The smallest absolute Gasteiger partial charge is 0.267 e. The van der Waals surface area contributed by atoms with Crippen LogP contribution in [-0.4, -0.2) is 32.1 Å². The quantitative estimate of drug-likeness (QED) is 0.752. The topological polar surface area (TPSA) is 85.8 Å². The maximum absolute atomic E-state index is 12.3. The van der Waals surface area contributed by atoms with E-state index in [0.29, 0.717) is 36.4 Å². The van der Waals surface area contributed by atoms with Crippen LogP contribution in [0.5, 0.6) is 0 Å². The van der Waals surface area contributed by atoms with Gasteiger partial charge < -0.3 is 14.4 Å². The van der Waals surface area contributed by atoms with Crippen molar-refractivity contribution in [1.82, 2.24) is 25.0 Å². The Balaban J connectivity index is 1.33. The molecule has 7 nitrogen and oxygen atoms in total. The van der Waals surface area contributed by atoms with E-state index in [-0.39, 0.29) is 5.91 Å². The lowest BCUT2D eigenvalue weighted by atomic mass is 10.3. The number of hydrogen-bond donors (Lipinski definition) is 1. The Morgan fingerprint density at radius 1 is 1.33 bits per heavy atom. The van der Waals surface area contributed by atoms with Gasteiger partial charge in [-0.15, -0.1) is 0 Å². The zero-order chi connectivity index (χ0) is 16.4. The molecule has 0 spiro atoms. The summed E-state index contributed by atoms with van der Waals surface area (Å²) in [6.07, 6.45) is 8.12. The summed E-state index contributed by atoms with van der Waals surface area (Å²) in [6.45, 7) is 0.448. The number of carbonyl (C=O) groups is 1. The first-order chi connectivity index (χ1) is 11.8. The minimum atomic E-state index is -0.0705. The molecule has 1 amide bonds. The molecule has 1 aliphatic rings. The third-order valence-electron chi connectivity index (χ3n) is 3.96. The van der Waals surface area contributed by atoms with Crippen LogP contribution >= 0.6 is 0 Å². The van der Waals surface area contributed by atoms with Crippen LogP contribution in [-0.2, 0) is 6.42 Å². The third kappa shape index (κ3) is 3.05. The summed E-state index contributed by atoms with van der Waals surface area (Å²) in [5.74, 6) is 0.928. The van der Waals surface area contributed by atoms with Gasteiger partial charge in [-0.25, -0.2) is 0 Å². The van der Waals surface area contributed by atoms with Crippen LogP contribution in [0, 0.1) is 0 Å².